The Balaban J connectivity index is 2.15. The summed E-state index contributed by atoms with van der Waals surface area (Å²) < 4.78 is 15.4. The Hall–Kier alpha value is -3.29. The molecule has 0 spiro atoms. The Labute approximate surface area is 138 Å². The van der Waals surface area contributed by atoms with Gasteiger partial charge in [0.05, 0.1) is 25.2 Å². The van der Waals surface area contributed by atoms with E-state index in [0.29, 0.717) is 5.75 Å². The van der Waals surface area contributed by atoms with Crippen LogP contribution in [-0.2, 0) is 4.79 Å². The van der Waals surface area contributed by atoms with Crippen LogP contribution in [0.1, 0.15) is 0 Å². The van der Waals surface area contributed by atoms with Crippen LogP contribution in [0.15, 0.2) is 42.5 Å². The molecule has 0 saturated heterocycles. The lowest BCUT2D eigenvalue weighted by molar-refractivity contribution is -0.384. The van der Waals surface area contributed by atoms with E-state index in [1.54, 1.807) is 24.3 Å². The molecular weight excluding hydrogens is 316 g/mol. The Morgan fingerprint density at radius 1 is 1.12 bits per heavy atom. The zero-order chi connectivity index (χ0) is 17.5. The second-order valence-electron chi connectivity index (χ2n) is 4.63. The number of nitro groups is 1. The molecule has 1 N–H and O–H groups in total. The first-order valence-corrected chi connectivity index (χ1v) is 6.93. The van der Waals surface area contributed by atoms with Crippen LogP contribution < -0.4 is 19.5 Å². The number of benzene rings is 2. The maximum atomic E-state index is 12.0. The number of anilines is 1. The number of carbonyl (C=O) groups excluding carboxylic acids is 1. The van der Waals surface area contributed by atoms with Gasteiger partial charge in [0.15, 0.2) is 18.1 Å². The fourth-order valence-corrected chi connectivity index (χ4v) is 1.97. The lowest BCUT2D eigenvalue weighted by Crippen LogP contribution is -2.20. The molecule has 0 saturated carbocycles. The number of nitro benzene ring substituents is 1. The molecule has 0 heterocycles. The van der Waals surface area contributed by atoms with Crippen molar-refractivity contribution in [3.63, 3.8) is 0 Å². The van der Waals surface area contributed by atoms with Gasteiger partial charge in [0.25, 0.3) is 11.6 Å². The number of ether oxygens (including phenoxy) is 3. The fraction of sp³-hybridized carbons (Fsp3) is 0.188. The molecule has 0 aliphatic carbocycles. The number of nitrogens with zero attached hydrogens (tertiary/aromatic N) is 1. The predicted molar refractivity (Wildman–Crippen MR) is 86.8 cm³/mol. The van der Waals surface area contributed by atoms with E-state index in [2.05, 4.69) is 5.32 Å². The maximum absolute atomic E-state index is 12.0. The van der Waals surface area contributed by atoms with Crippen molar-refractivity contribution in [3.8, 4) is 17.2 Å². The molecular formula is C16H16N2O6. The van der Waals surface area contributed by atoms with Crippen molar-refractivity contribution in [2.24, 2.45) is 0 Å². The van der Waals surface area contributed by atoms with Crippen LogP contribution >= 0.6 is 0 Å². The highest BCUT2D eigenvalue weighted by atomic mass is 16.6. The summed E-state index contributed by atoms with van der Waals surface area (Å²) >= 11 is 0. The number of hydrogen-bond donors (Lipinski definition) is 1. The Morgan fingerprint density at radius 3 is 2.33 bits per heavy atom. The van der Waals surface area contributed by atoms with E-state index in [0.717, 1.165) is 0 Å². The SMILES string of the molecule is COc1cc(NC(=O)COc2ccccc2)c([N+](=O)[O-])cc1OC. The Kier molecular flexibility index (Phi) is 5.56. The summed E-state index contributed by atoms with van der Waals surface area (Å²) in [5.41, 5.74) is -0.306. The third-order valence-corrected chi connectivity index (χ3v) is 3.09. The average Bonchev–Trinajstić information content (AvgIpc) is 2.60. The van der Waals surface area contributed by atoms with Crippen LogP contribution in [0.5, 0.6) is 17.2 Å². The van der Waals surface area contributed by atoms with Gasteiger partial charge < -0.3 is 19.5 Å². The van der Waals surface area contributed by atoms with Gasteiger partial charge in [-0.05, 0) is 12.1 Å². The number of methoxy groups -OCH3 is 2. The number of nitrogens with one attached hydrogen (secondary N) is 1. The van der Waals surface area contributed by atoms with Crippen LogP contribution in [0, 0.1) is 10.1 Å². The fourth-order valence-electron chi connectivity index (χ4n) is 1.97. The van der Waals surface area contributed by atoms with Crippen molar-refractivity contribution in [2.75, 3.05) is 26.1 Å². The first-order chi connectivity index (χ1) is 11.5. The molecule has 0 atom stereocenters. The molecule has 2 aromatic rings. The lowest BCUT2D eigenvalue weighted by Gasteiger charge is -2.12. The molecule has 126 valence electrons. The number of hydrogen-bond acceptors (Lipinski definition) is 6. The molecule has 0 unspecified atom stereocenters. The van der Waals surface area contributed by atoms with Crippen LogP contribution in [0.25, 0.3) is 0 Å². The third kappa shape index (κ3) is 4.13. The quantitative estimate of drug-likeness (QED) is 0.618. The van der Waals surface area contributed by atoms with Gasteiger partial charge in [0, 0.05) is 6.07 Å². The number of carbonyl (C=O) groups is 1. The second kappa shape index (κ2) is 7.82. The number of para-hydroxylation sites is 1. The molecule has 2 rings (SSSR count). The van der Waals surface area contributed by atoms with E-state index < -0.39 is 10.8 Å². The number of rotatable bonds is 7. The molecule has 0 radical (unpaired) electrons. The maximum Gasteiger partial charge on any atom is 0.296 e. The monoisotopic (exact) mass is 332 g/mol. The molecule has 0 bridgehead atoms. The molecule has 2 aromatic carbocycles. The van der Waals surface area contributed by atoms with Crippen LogP contribution in [-0.4, -0.2) is 31.7 Å². The van der Waals surface area contributed by atoms with Crippen LogP contribution in [0.3, 0.4) is 0 Å². The summed E-state index contributed by atoms with van der Waals surface area (Å²) in [6, 6.07) is 11.3. The molecule has 0 aliphatic heterocycles. The topological polar surface area (TPSA) is 99.9 Å². The molecule has 24 heavy (non-hydrogen) atoms. The first-order valence-electron chi connectivity index (χ1n) is 6.93. The first kappa shape index (κ1) is 17.1. The zero-order valence-corrected chi connectivity index (χ0v) is 13.1. The van der Waals surface area contributed by atoms with Gasteiger partial charge >= 0.3 is 0 Å². The van der Waals surface area contributed by atoms with E-state index >= 15 is 0 Å². The normalized spacial score (nSPS) is 9.92. The van der Waals surface area contributed by atoms with Crippen molar-refractivity contribution in [1.29, 1.82) is 0 Å². The molecule has 1 amide bonds. The van der Waals surface area contributed by atoms with Gasteiger partial charge in [0.1, 0.15) is 11.4 Å². The predicted octanol–water partition coefficient (Wildman–Crippen LogP) is 2.63. The molecule has 0 aliphatic rings. The van der Waals surface area contributed by atoms with Crippen molar-refractivity contribution in [2.45, 2.75) is 0 Å². The van der Waals surface area contributed by atoms with Gasteiger partial charge in [-0.2, -0.15) is 0 Å². The molecule has 0 fully saturated rings. The summed E-state index contributed by atoms with van der Waals surface area (Å²) in [6.45, 7) is -0.282. The van der Waals surface area contributed by atoms with E-state index in [4.69, 9.17) is 14.2 Å². The Bertz CT molecular complexity index is 733. The van der Waals surface area contributed by atoms with Crippen molar-refractivity contribution in [1.82, 2.24) is 0 Å². The molecule has 0 aromatic heterocycles. The van der Waals surface area contributed by atoms with Gasteiger partial charge in [-0.3, -0.25) is 14.9 Å². The van der Waals surface area contributed by atoms with Gasteiger partial charge in [-0.25, -0.2) is 0 Å². The summed E-state index contributed by atoms with van der Waals surface area (Å²) in [4.78, 5) is 22.5. The zero-order valence-electron chi connectivity index (χ0n) is 13.1. The second-order valence-corrected chi connectivity index (χ2v) is 4.63. The highest BCUT2D eigenvalue weighted by Crippen LogP contribution is 2.37. The van der Waals surface area contributed by atoms with E-state index in [1.807, 2.05) is 6.07 Å². The lowest BCUT2D eigenvalue weighted by atomic mass is 10.2. The van der Waals surface area contributed by atoms with Crippen LogP contribution in [0.4, 0.5) is 11.4 Å². The minimum Gasteiger partial charge on any atom is -0.493 e. The third-order valence-electron chi connectivity index (χ3n) is 3.09. The van der Waals surface area contributed by atoms with Crippen LogP contribution in [0.2, 0.25) is 0 Å². The molecule has 8 nitrogen and oxygen atoms in total. The van der Waals surface area contributed by atoms with E-state index in [-0.39, 0.29) is 29.5 Å². The number of amides is 1. The minimum absolute atomic E-state index is 0.000637. The largest absolute Gasteiger partial charge is 0.493 e. The van der Waals surface area contributed by atoms with Gasteiger partial charge in [-0.15, -0.1) is 0 Å². The minimum atomic E-state index is -0.615. The van der Waals surface area contributed by atoms with Crippen molar-refractivity contribution >= 4 is 17.3 Å². The standard InChI is InChI=1S/C16H16N2O6/c1-22-14-8-12(13(18(20)21)9-15(14)23-2)17-16(19)10-24-11-6-4-3-5-7-11/h3-9H,10H2,1-2H3,(H,17,19). The van der Waals surface area contributed by atoms with E-state index in [1.165, 1.54) is 26.4 Å². The highest BCUT2D eigenvalue weighted by molar-refractivity contribution is 5.94. The summed E-state index contributed by atoms with van der Waals surface area (Å²) in [6.07, 6.45) is 0. The van der Waals surface area contributed by atoms with Crippen molar-refractivity contribution < 1.29 is 23.9 Å². The molecule has 8 heteroatoms. The van der Waals surface area contributed by atoms with Crippen molar-refractivity contribution in [3.05, 3.63) is 52.6 Å². The van der Waals surface area contributed by atoms with Gasteiger partial charge in [0.2, 0.25) is 0 Å². The summed E-state index contributed by atoms with van der Waals surface area (Å²) in [5.74, 6) is 0.453. The van der Waals surface area contributed by atoms with Gasteiger partial charge in [-0.1, -0.05) is 18.2 Å². The smallest absolute Gasteiger partial charge is 0.296 e. The van der Waals surface area contributed by atoms with E-state index in [9.17, 15) is 14.9 Å². The summed E-state index contributed by atoms with van der Waals surface area (Å²) in [7, 11) is 2.77. The highest BCUT2D eigenvalue weighted by Gasteiger charge is 2.21. The average molecular weight is 332 g/mol. The summed E-state index contributed by atoms with van der Waals surface area (Å²) in [5, 5.41) is 13.6. The Morgan fingerprint density at radius 2 is 1.75 bits per heavy atom.